The van der Waals surface area contributed by atoms with Gasteiger partial charge in [-0.15, -0.1) is 59.2 Å². The molecule has 3 heterocycles. The molecule has 3 aromatic heterocycles. The zero-order valence-corrected chi connectivity index (χ0v) is 31.4. The summed E-state index contributed by atoms with van der Waals surface area (Å²) in [6.07, 6.45) is 14.7. The molecule has 2 nitrogen and oxygen atoms in total. The van der Waals surface area contributed by atoms with E-state index < -0.39 is 0 Å². The fourth-order valence-electron chi connectivity index (χ4n) is 6.04. The Morgan fingerprint density at radius 3 is 2.15 bits per heavy atom. The van der Waals surface area contributed by atoms with Crippen LogP contribution in [0.1, 0.15) is 76.3 Å². The Morgan fingerprint density at radius 2 is 1.38 bits per heavy atom. The van der Waals surface area contributed by atoms with Crippen LogP contribution in [0.2, 0.25) is 0 Å². The standard InChI is InChI=1S/C23H22NS.C19H20NS.Ir/c1-2-3-4-5-9-17-13-14-22-20(16-17)18-10-8-11-19(23(18)25-22)21-12-6-7-15-24-21;1-2-3-4-5-9-15-10-8-11-16(14-15)19-17-12-6-7-13-18(17)21-20-19;/h6-8,10,12-16H,2-5,9H2,1H3;6-8,10,12-14H,2-5,9H2,1H3;/q2*-1;. The van der Waals surface area contributed by atoms with Crippen LogP contribution in [-0.4, -0.2) is 9.36 Å². The summed E-state index contributed by atoms with van der Waals surface area (Å²) in [5, 5.41) is 3.94. The van der Waals surface area contributed by atoms with Gasteiger partial charge in [0.25, 0.3) is 0 Å². The molecule has 0 bridgehead atoms. The Labute approximate surface area is 301 Å². The van der Waals surface area contributed by atoms with E-state index in [2.05, 4.69) is 102 Å². The summed E-state index contributed by atoms with van der Waals surface area (Å²) in [7, 11) is 0. The van der Waals surface area contributed by atoms with E-state index in [1.165, 1.54) is 99.2 Å². The summed E-state index contributed by atoms with van der Waals surface area (Å²) >= 11 is 3.42. The van der Waals surface area contributed by atoms with Gasteiger partial charge >= 0.3 is 0 Å². The number of unbranched alkanes of at least 4 members (excludes halogenated alkanes) is 6. The minimum Gasteiger partial charge on any atom is -0.305 e. The number of pyridine rings is 1. The van der Waals surface area contributed by atoms with Crippen molar-refractivity contribution in [1.29, 1.82) is 0 Å². The molecule has 0 atom stereocenters. The van der Waals surface area contributed by atoms with Crippen molar-refractivity contribution in [3.8, 4) is 22.5 Å². The van der Waals surface area contributed by atoms with Gasteiger partial charge in [-0.1, -0.05) is 107 Å². The van der Waals surface area contributed by atoms with Crippen LogP contribution in [0.4, 0.5) is 0 Å². The largest absolute Gasteiger partial charge is 0.305 e. The van der Waals surface area contributed by atoms with Crippen molar-refractivity contribution >= 4 is 53.1 Å². The summed E-state index contributed by atoms with van der Waals surface area (Å²) in [5.74, 6) is 0. The maximum absolute atomic E-state index is 4.63. The minimum atomic E-state index is 0. The van der Waals surface area contributed by atoms with Gasteiger partial charge < -0.3 is 4.98 Å². The Morgan fingerprint density at radius 1 is 0.638 bits per heavy atom. The van der Waals surface area contributed by atoms with Crippen LogP contribution < -0.4 is 0 Å². The van der Waals surface area contributed by atoms with Crippen molar-refractivity contribution in [2.45, 2.75) is 78.1 Å². The Bertz CT molecular complexity index is 1990. The molecule has 0 N–H and O–H groups in total. The van der Waals surface area contributed by atoms with Gasteiger partial charge in [-0.25, -0.2) is 4.37 Å². The summed E-state index contributed by atoms with van der Waals surface area (Å²) < 4.78 is 8.51. The number of hydrogen-bond donors (Lipinski definition) is 0. The number of fused-ring (bicyclic) bond motifs is 4. The van der Waals surface area contributed by atoms with Gasteiger partial charge in [-0.05, 0) is 75.7 Å². The van der Waals surface area contributed by atoms with E-state index in [0.717, 1.165) is 28.9 Å². The molecule has 5 heteroatoms. The summed E-state index contributed by atoms with van der Waals surface area (Å²) in [4.78, 5) is 4.52. The second-order valence-electron chi connectivity index (χ2n) is 12.0. The van der Waals surface area contributed by atoms with Gasteiger partial charge in [0.05, 0.1) is 0 Å². The van der Waals surface area contributed by atoms with Crippen LogP contribution >= 0.6 is 22.9 Å². The third kappa shape index (κ3) is 8.83. The molecule has 47 heavy (non-hydrogen) atoms. The van der Waals surface area contributed by atoms with E-state index in [9.17, 15) is 0 Å². The van der Waals surface area contributed by atoms with Gasteiger partial charge in [0.2, 0.25) is 0 Å². The maximum atomic E-state index is 4.63. The molecule has 0 unspecified atom stereocenters. The molecular formula is C42H42IrN2S2-2. The molecule has 0 fully saturated rings. The molecule has 0 saturated carbocycles. The average molecular weight is 831 g/mol. The van der Waals surface area contributed by atoms with E-state index in [4.69, 9.17) is 0 Å². The summed E-state index contributed by atoms with van der Waals surface area (Å²) in [6.45, 7) is 4.52. The van der Waals surface area contributed by atoms with Crippen LogP contribution in [0.3, 0.4) is 0 Å². The Balaban J connectivity index is 0.000000183. The summed E-state index contributed by atoms with van der Waals surface area (Å²) in [5.41, 5.74) is 7.17. The van der Waals surface area contributed by atoms with E-state index in [-0.39, 0.29) is 20.1 Å². The molecule has 0 aliphatic heterocycles. The maximum Gasteiger partial charge on any atom is 0.0454 e. The van der Waals surface area contributed by atoms with Crippen molar-refractivity contribution in [3.05, 3.63) is 120 Å². The van der Waals surface area contributed by atoms with Crippen molar-refractivity contribution in [2.24, 2.45) is 0 Å². The van der Waals surface area contributed by atoms with Gasteiger partial charge in [0, 0.05) is 41.4 Å². The topological polar surface area (TPSA) is 25.8 Å². The third-order valence-corrected chi connectivity index (χ3v) is 10.6. The number of hydrogen-bond acceptors (Lipinski definition) is 4. The third-order valence-electron chi connectivity index (χ3n) is 8.55. The summed E-state index contributed by atoms with van der Waals surface area (Å²) in [6, 6.07) is 38.9. The van der Waals surface area contributed by atoms with Crippen molar-refractivity contribution < 1.29 is 20.1 Å². The van der Waals surface area contributed by atoms with Gasteiger partial charge in [0.1, 0.15) is 0 Å². The van der Waals surface area contributed by atoms with Gasteiger partial charge in [-0.2, -0.15) is 11.3 Å². The average Bonchev–Trinajstić information content (AvgIpc) is 3.71. The van der Waals surface area contributed by atoms with Crippen molar-refractivity contribution in [3.63, 3.8) is 0 Å². The normalized spacial score (nSPS) is 11.0. The SMILES string of the molecule is CCCCCCc1cc[c-]c(-c2nsc3ccccc23)c1.CCCCCCc1ccc2sc3c(-c4ccccn4)[c-]ccc3c2c1.[Ir]. The predicted molar refractivity (Wildman–Crippen MR) is 201 cm³/mol. The zero-order chi connectivity index (χ0) is 31.6. The molecular weight excluding hydrogens is 789 g/mol. The van der Waals surface area contributed by atoms with Crippen LogP contribution in [0.5, 0.6) is 0 Å². The fraction of sp³-hybridized carbons (Fsp3) is 0.286. The predicted octanol–water partition coefficient (Wildman–Crippen LogP) is 12.9. The second-order valence-corrected chi connectivity index (χ2v) is 13.9. The number of aromatic nitrogens is 2. The molecule has 0 aliphatic carbocycles. The first kappa shape index (κ1) is 35.1. The van der Waals surface area contributed by atoms with Gasteiger partial charge in [-0.3, -0.25) is 0 Å². The molecule has 4 aromatic carbocycles. The number of thiophene rings is 1. The quantitative estimate of drug-likeness (QED) is 0.0905. The molecule has 7 aromatic rings. The first-order valence-electron chi connectivity index (χ1n) is 16.9. The number of aryl methyl sites for hydroxylation is 2. The van der Waals surface area contributed by atoms with Crippen LogP contribution in [0.15, 0.2) is 97.2 Å². The van der Waals surface area contributed by atoms with Gasteiger partial charge in [0.15, 0.2) is 0 Å². The first-order valence-corrected chi connectivity index (χ1v) is 18.5. The second kappa shape index (κ2) is 17.8. The molecule has 243 valence electrons. The fourth-order valence-corrected chi connectivity index (χ4v) is 8.02. The Hall–Kier alpha value is -3.21. The minimum absolute atomic E-state index is 0. The van der Waals surface area contributed by atoms with Crippen molar-refractivity contribution in [1.82, 2.24) is 9.36 Å². The zero-order valence-electron chi connectivity index (χ0n) is 27.4. The smallest absolute Gasteiger partial charge is 0.0454 e. The molecule has 0 aliphatic rings. The first-order chi connectivity index (χ1) is 22.7. The molecule has 0 spiro atoms. The monoisotopic (exact) mass is 831 g/mol. The van der Waals surface area contributed by atoms with E-state index in [0.29, 0.717) is 0 Å². The van der Waals surface area contributed by atoms with Crippen molar-refractivity contribution in [2.75, 3.05) is 0 Å². The van der Waals surface area contributed by atoms with Crippen LogP contribution in [0, 0.1) is 12.1 Å². The number of benzene rings is 4. The molecule has 1 radical (unpaired) electrons. The van der Waals surface area contributed by atoms with E-state index >= 15 is 0 Å². The molecule has 0 amide bonds. The number of nitrogens with zero attached hydrogens (tertiary/aromatic N) is 2. The van der Waals surface area contributed by atoms with Crippen LogP contribution in [0.25, 0.3) is 52.8 Å². The number of rotatable bonds is 12. The van der Waals surface area contributed by atoms with E-state index in [1.807, 2.05) is 41.8 Å². The van der Waals surface area contributed by atoms with E-state index in [1.54, 1.807) is 11.5 Å². The van der Waals surface area contributed by atoms with Crippen LogP contribution in [-0.2, 0) is 32.9 Å². The Kier molecular flexibility index (Phi) is 13.3. The molecule has 0 saturated heterocycles. The molecule has 7 rings (SSSR count).